The lowest BCUT2D eigenvalue weighted by atomic mass is 10.0. The molecule has 3 heterocycles. The van der Waals surface area contributed by atoms with E-state index in [1.54, 1.807) is 0 Å². The van der Waals surface area contributed by atoms with Gasteiger partial charge in [0.2, 0.25) is 21.8 Å². The molecule has 2 saturated heterocycles. The zero-order valence-electron chi connectivity index (χ0n) is 13.2. The van der Waals surface area contributed by atoms with Gasteiger partial charge in [0.25, 0.3) is 0 Å². The molecule has 0 bridgehead atoms. The molecule has 128 valence electrons. The van der Waals surface area contributed by atoms with Crippen molar-refractivity contribution in [2.45, 2.75) is 44.7 Å². The smallest absolute Gasteiger partial charge is 0.318 e. The third-order valence-corrected chi connectivity index (χ3v) is 5.66. The van der Waals surface area contributed by atoms with Gasteiger partial charge in [-0.05, 0) is 19.8 Å². The Balaban J connectivity index is 1.61. The van der Waals surface area contributed by atoms with Crippen molar-refractivity contribution in [3.8, 4) is 0 Å². The van der Waals surface area contributed by atoms with Crippen molar-refractivity contribution in [2.75, 3.05) is 23.7 Å². The normalized spacial score (nSPS) is 29.8. The number of nitrogens with zero attached hydrogens (tertiary/aromatic N) is 3. The van der Waals surface area contributed by atoms with Gasteiger partial charge in [-0.15, -0.1) is 5.10 Å². The number of aryl methyl sites for hydroxylation is 1. The van der Waals surface area contributed by atoms with E-state index < -0.39 is 21.6 Å². The minimum atomic E-state index is -3.30. The molecule has 0 aromatic carbocycles. The van der Waals surface area contributed by atoms with Crippen molar-refractivity contribution >= 4 is 21.9 Å². The van der Waals surface area contributed by atoms with Gasteiger partial charge < -0.3 is 14.6 Å². The molecular formula is C13H21N5O4S. The second-order valence-electron chi connectivity index (χ2n) is 6.33. The maximum absolute atomic E-state index is 12.3. The first-order valence-corrected chi connectivity index (χ1v) is 9.35. The van der Waals surface area contributed by atoms with E-state index in [4.69, 9.17) is 4.42 Å². The van der Waals surface area contributed by atoms with E-state index in [0.717, 1.165) is 6.42 Å². The first-order chi connectivity index (χ1) is 10.8. The lowest BCUT2D eigenvalue weighted by Gasteiger charge is -2.27. The van der Waals surface area contributed by atoms with Gasteiger partial charge in [-0.1, -0.05) is 12.0 Å². The number of amides is 1. The van der Waals surface area contributed by atoms with Crippen LogP contribution < -0.4 is 14.9 Å². The summed E-state index contributed by atoms with van der Waals surface area (Å²) in [5.74, 6) is 0.295. The van der Waals surface area contributed by atoms with Crippen molar-refractivity contribution < 1.29 is 17.6 Å². The molecule has 2 fully saturated rings. The predicted molar refractivity (Wildman–Crippen MR) is 82.4 cm³/mol. The molecule has 0 spiro atoms. The summed E-state index contributed by atoms with van der Waals surface area (Å²) in [7, 11) is -3.30. The van der Waals surface area contributed by atoms with Crippen LogP contribution >= 0.6 is 0 Å². The van der Waals surface area contributed by atoms with E-state index in [0.29, 0.717) is 37.8 Å². The molecular weight excluding hydrogens is 322 g/mol. The van der Waals surface area contributed by atoms with E-state index in [1.165, 1.54) is 0 Å². The number of rotatable bonds is 4. The molecule has 0 aliphatic carbocycles. The highest BCUT2D eigenvalue weighted by molar-refractivity contribution is 7.89. The fourth-order valence-electron chi connectivity index (χ4n) is 2.92. The number of carbonyl (C=O) groups is 1. The van der Waals surface area contributed by atoms with Crippen LogP contribution in [0.2, 0.25) is 0 Å². The average Bonchev–Trinajstić information content (AvgIpc) is 3.17. The summed E-state index contributed by atoms with van der Waals surface area (Å²) in [6.45, 7) is 5.11. The van der Waals surface area contributed by atoms with Crippen molar-refractivity contribution in [1.29, 1.82) is 0 Å². The summed E-state index contributed by atoms with van der Waals surface area (Å²) in [6.07, 6.45) is 1.70. The van der Waals surface area contributed by atoms with Crippen molar-refractivity contribution in [3.05, 3.63) is 5.89 Å². The summed E-state index contributed by atoms with van der Waals surface area (Å²) >= 11 is 0. The molecule has 0 saturated carbocycles. The highest BCUT2D eigenvalue weighted by Crippen LogP contribution is 2.26. The van der Waals surface area contributed by atoms with Gasteiger partial charge in [0.15, 0.2) is 0 Å². The van der Waals surface area contributed by atoms with Crippen LogP contribution in [-0.4, -0.2) is 54.9 Å². The lowest BCUT2D eigenvalue weighted by molar-refractivity contribution is -0.124. The summed E-state index contributed by atoms with van der Waals surface area (Å²) < 4.78 is 30.7. The van der Waals surface area contributed by atoms with Crippen LogP contribution in [-0.2, 0) is 21.2 Å². The molecule has 2 unspecified atom stereocenters. The predicted octanol–water partition coefficient (Wildman–Crippen LogP) is -0.591. The Hall–Kier alpha value is -1.68. The summed E-state index contributed by atoms with van der Waals surface area (Å²) in [5, 5.41) is 10.9. The van der Waals surface area contributed by atoms with Crippen LogP contribution in [0.25, 0.3) is 0 Å². The van der Waals surface area contributed by atoms with Gasteiger partial charge in [0.1, 0.15) is 6.04 Å². The monoisotopic (exact) mass is 343 g/mol. The van der Waals surface area contributed by atoms with Gasteiger partial charge in [-0.2, -0.15) is 0 Å². The molecule has 2 aliphatic heterocycles. The Labute approximate surface area is 134 Å². The molecule has 23 heavy (non-hydrogen) atoms. The summed E-state index contributed by atoms with van der Waals surface area (Å²) in [5.41, 5.74) is -0.452. The molecule has 1 aromatic rings. The van der Waals surface area contributed by atoms with Gasteiger partial charge in [-0.25, -0.2) is 13.1 Å². The van der Waals surface area contributed by atoms with Crippen LogP contribution in [0.15, 0.2) is 4.42 Å². The quantitative estimate of drug-likeness (QED) is 0.750. The van der Waals surface area contributed by atoms with E-state index >= 15 is 0 Å². The van der Waals surface area contributed by atoms with E-state index in [-0.39, 0.29) is 11.7 Å². The number of aromatic nitrogens is 2. The molecule has 2 N–H and O–H groups in total. The van der Waals surface area contributed by atoms with Gasteiger partial charge in [-0.3, -0.25) is 4.79 Å². The molecule has 1 amide bonds. The second kappa shape index (κ2) is 5.75. The lowest BCUT2D eigenvalue weighted by Crippen LogP contribution is -2.53. The van der Waals surface area contributed by atoms with Crippen molar-refractivity contribution in [3.63, 3.8) is 0 Å². The Morgan fingerprint density at radius 2 is 2.30 bits per heavy atom. The van der Waals surface area contributed by atoms with Crippen LogP contribution in [0.5, 0.6) is 0 Å². The molecule has 1 aromatic heterocycles. The standard InChI is InChI=1S/C13H21N5O4S/c1-3-10-15-16-12(22-10)18-6-5-13(2,8-18)14-11(19)9-4-7-23(20,21)17-9/h9,17H,3-8H2,1-2H3,(H,14,19). The number of carbonyl (C=O) groups excluding carboxylic acids is 1. The highest BCUT2D eigenvalue weighted by atomic mass is 32.2. The van der Waals surface area contributed by atoms with Gasteiger partial charge in [0, 0.05) is 19.5 Å². The van der Waals surface area contributed by atoms with Crippen LogP contribution in [0.3, 0.4) is 0 Å². The van der Waals surface area contributed by atoms with E-state index in [9.17, 15) is 13.2 Å². The van der Waals surface area contributed by atoms with Crippen LogP contribution in [0.1, 0.15) is 32.6 Å². The number of hydrogen-bond acceptors (Lipinski definition) is 7. The SMILES string of the molecule is CCc1nnc(N2CCC(C)(NC(=O)C3CCS(=O)(=O)N3)C2)o1. The fraction of sp³-hybridized carbons (Fsp3) is 0.769. The Morgan fingerprint density at radius 1 is 1.52 bits per heavy atom. The van der Waals surface area contributed by atoms with Crippen LogP contribution in [0.4, 0.5) is 6.01 Å². The molecule has 0 radical (unpaired) electrons. The Kier molecular flexibility index (Phi) is 4.05. The van der Waals surface area contributed by atoms with Crippen molar-refractivity contribution in [2.24, 2.45) is 0 Å². The molecule has 2 atom stereocenters. The first-order valence-electron chi connectivity index (χ1n) is 7.70. The molecule has 3 rings (SSSR count). The van der Waals surface area contributed by atoms with Gasteiger partial charge >= 0.3 is 6.01 Å². The number of hydrogen-bond donors (Lipinski definition) is 2. The number of nitrogens with one attached hydrogen (secondary N) is 2. The zero-order chi connectivity index (χ0) is 16.7. The number of anilines is 1. The largest absolute Gasteiger partial charge is 0.408 e. The van der Waals surface area contributed by atoms with E-state index in [2.05, 4.69) is 20.2 Å². The second-order valence-corrected chi connectivity index (χ2v) is 8.20. The highest BCUT2D eigenvalue weighted by Gasteiger charge is 2.40. The van der Waals surface area contributed by atoms with Gasteiger partial charge in [0.05, 0.1) is 11.3 Å². The molecule has 2 aliphatic rings. The fourth-order valence-corrected chi connectivity index (χ4v) is 4.24. The molecule has 9 nitrogen and oxygen atoms in total. The third kappa shape index (κ3) is 3.47. The maximum atomic E-state index is 12.3. The Morgan fingerprint density at radius 3 is 2.91 bits per heavy atom. The molecule has 10 heteroatoms. The minimum Gasteiger partial charge on any atom is -0.408 e. The summed E-state index contributed by atoms with van der Waals surface area (Å²) in [4.78, 5) is 14.2. The maximum Gasteiger partial charge on any atom is 0.318 e. The Bertz CT molecular complexity index is 703. The van der Waals surface area contributed by atoms with E-state index in [1.807, 2.05) is 18.7 Å². The topological polar surface area (TPSA) is 117 Å². The van der Waals surface area contributed by atoms with Crippen molar-refractivity contribution in [1.82, 2.24) is 20.2 Å². The zero-order valence-corrected chi connectivity index (χ0v) is 14.0. The average molecular weight is 343 g/mol. The van der Waals surface area contributed by atoms with Crippen LogP contribution in [0, 0.1) is 0 Å². The first kappa shape index (κ1) is 16.2. The third-order valence-electron chi connectivity index (χ3n) is 4.24. The summed E-state index contributed by atoms with van der Waals surface area (Å²) in [6, 6.07) is -0.220. The minimum absolute atomic E-state index is 0.00426. The number of sulfonamides is 1.